The summed E-state index contributed by atoms with van der Waals surface area (Å²) in [5, 5.41) is 23.7. The Hall–Kier alpha value is -8.56. The predicted octanol–water partition coefficient (Wildman–Crippen LogP) is 18.7. The first-order valence-electron chi connectivity index (χ1n) is 22.9. The van der Waals surface area contributed by atoms with Crippen molar-refractivity contribution in [3.05, 3.63) is 211 Å². The summed E-state index contributed by atoms with van der Waals surface area (Å²) in [4.78, 5) is 4.58. The van der Waals surface area contributed by atoms with Gasteiger partial charge in [-0.3, -0.25) is 0 Å². The van der Waals surface area contributed by atoms with Crippen molar-refractivity contribution in [1.82, 2.24) is 9.13 Å². The number of rotatable bonds is 4. The van der Waals surface area contributed by atoms with E-state index < -0.39 is 0 Å². The van der Waals surface area contributed by atoms with Crippen LogP contribution in [0.25, 0.3) is 143 Å². The molecule has 5 aromatic heterocycles. The summed E-state index contributed by atoms with van der Waals surface area (Å²) >= 11 is 5.37. The van der Waals surface area contributed by atoms with Gasteiger partial charge >= 0.3 is 0 Å². The number of aromatic nitrogens is 2. The lowest BCUT2D eigenvalue weighted by molar-refractivity contribution is 1.15. The third-order valence-electron chi connectivity index (χ3n) is 14.2. The molecule has 318 valence electrons. The summed E-state index contributed by atoms with van der Waals surface area (Å²) in [5.74, 6) is 0. The summed E-state index contributed by atoms with van der Waals surface area (Å²) < 4.78 is 11.8. The van der Waals surface area contributed by atoms with Gasteiger partial charge < -0.3 is 9.13 Å². The van der Waals surface area contributed by atoms with Gasteiger partial charge in [0.25, 0.3) is 0 Å². The number of thiophene rings is 3. The highest BCUT2D eigenvalue weighted by Crippen LogP contribution is 2.55. The van der Waals surface area contributed by atoms with Crippen molar-refractivity contribution in [3.63, 3.8) is 0 Å². The van der Waals surface area contributed by atoms with Crippen LogP contribution in [0.5, 0.6) is 0 Å². The Bertz CT molecular complexity index is 4670. The number of nitrogens with zero attached hydrogens (tertiary/aromatic N) is 4. The molecule has 4 nitrogen and oxygen atoms in total. The molecule has 15 rings (SSSR count). The minimum absolute atomic E-state index is 0.314. The minimum atomic E-state index is 0.314. The van der Waals surface area contributed by atoms with Crippen LogP contribution in [0.1, 0.15) is 5.56 Å². The predicted molar refractivity (Wildman–Crippen MR) is 296 cm³/mol. The molecule has 10 aromatic carbocycles. The molecular formula is C62H32N4S3. The molecule has 0 unspecified atom stereocenters. The molecule has 0 atom stereocenters. The fourth-order valence-corrected chi connectivity index (χ4v) is 15.1. The Kier molecular flexibility index (Phi) is 8.08. The van der Waals surface area contributed by atoms with Gasteiger partial charge in [0.1, 0.15) is 0 Å². The summed E-state index contributed by atoms with van der Waals surface area (Å²) in [6, 6.07) is 72.0. The lowest BCUT2D eigenvalue weighted by Gasteiger charge is -2.26. The van der Waals surface area contributed by atoms with Crippen molar-refractivity contribution in [2.24, 2.45) is 0 Å². The highest BCUT2D eigenvalue weighted by Gasteiger charge is 2.33. The first-order chi connectivity index (χ1) is 34.2. The van der Waals surface area contributed by atoms with E-state index in [9.17, 15) is 11.8 Å². The second kappa shape index (κ2) is 14.5. The Morgan fingerprint density at radius 1 is 0.377 bits per heavy atom. The van der Waals surface area contributed by atoms with E-state index in [1.165, 1.54) is 46.4 Å². The molecule has 69 heavy (non-hydrogen) atoms. The maximum atomic E-state index is 12.2. The monoisotopic (exact) mass is 928 g/mol. The Labute approximate surface area is 406 Å². The zero-order valence-corrected chi connectivity index (χ0v) is 38.9. The van der Waals surface area contributed by atoms with Crippen LogP contribution in [-0.4, -0.2) is 9.13 Å². The van der Waals surface area contributed by atoms with Gasteiger partial charge in [-0.25, -0.2) is 4.85 Å². The standard InChI is InChI=1S/C62H32N4S3/c1-64-54-47(34-63)55(66-57-42(29-32-45-39-22-10-14-26-50(39)68-61(45)57)43-30-33-46-40-23-11-15-27-51(40)69-62(46)58(43)66)52(35-16-4-2-5-17-35)53(36-18-6-3-7-19-36)59(54)65-48-24-12-8-20-37(48)41-28-31-44-38-21-9-13-25-49(38)67-60(44)56(41)65/h2-33H. The third-order valence-corrected chi connectivity index (χ3v) is 17.8. The molecule has 15 aromatic rings. The Morgan fingerprint density at radius 3 is 1.22 bits per heavy atom. The van der Waals surface area contributed by atoms with E-state index in [2.05, 4.69) is 214 Å². The van der Waals surface area contributed by atoms with Crippen LogP contribution in [0.4, 0.5) is 5.69 Å². The topological polar surface area (TPSA) is 38.0 Å². The minimum Gasteiger partial charge on any atom is -0.317 e. The molecule has 0 aliphatic carbocycles. The highest BCUT2D eigenvalue weighted by atomic mass is 32.1. The average molecular weight is 929 g/mol. The molecule has 0 aliphatic rings. The van der Waals surface area contributed by atoms with Gasteiger partial charge in [-0.2, -0.15) is 5.26 Å². The van der Waals surface area contributed by atoms with Crippen molar-refractivity contribution in [1.29, 1.82) is 5.26 Å². The van der Waals surface area contributed by atoms with Crippen LogP contribution in [0.15, 0.2) is 194 Å². The van der Waals surface area contributed by atoms with E-state index in [1.54, 1.807) is 34.0 Å². The fourth-order valence-electron chi connectivity index (χ4n) is 11.4. The van der Waals surface area contributed by atoms with Gasteiger partial charge in [0.05, 0.1) is 65.7 Å². The van der Waals surface area contributed by atoms with Crippen LogP contribution < -0.4 is 0 Å². The second-order valence-electron chi connectivity index (χ2n) is 17.6. The van der Waals surface area contributed by atoms with Gasteiger partial charge in [-0.05, 0) is 35.4 Å². The fraction of sp³-hybridized carbons (Fsp3) is 0. The summed E-state index contributed by atoms with van der Waals surface area (Å²) in [7, 11) is 0. The average Bonchev–Trinajstić information content (AvgIpc) is 4.23. The van der Waals surface area contributed by atoms with Crippen molar-refractivity contribution in [2.45, 2.75) is 0 Å². The van der Waals surface area contributed by atoms with Gasteiger partial charge in [0, 0.05) is 79.1 Å². The normalized spacial score (nSPS) is 12.0. The molecule has 0 spiro atoms. The van der Waals surface area contributed by atoms with Gasteiger partial charge in [0.2, 0.25) is 5.69 Å². The molecule has 0 fully saturated rings. The maximum absolute atomic E-state index is 12.2. The first kappa shape index (κ1) is 38.5. The number of para-hydroxylation sites is 1. The number of hydrogen-bond donors (Lipinski definition) is 0. The largest absolute Gasteiger partial charge is 0.317 e. The molecule has 7 heteroatoms. The number of fused-ring (bicyclic) bond motifs is 18. The molecule has 5 heterocycles. The third kappa shape index (κ3) is 5.19. The van der Waals surface area contributed by atoms with Crippen LogP contribution in [0.3, 0.4) is 0 Å². The van der Waals surface area contributed by atoms with E-state index in [0.29, 0.717) is 22.6 Å². The molecule has 0 amide bonds. The number of benzene rings is 10. The van der Waals surface area contributed by atoms with Gasteiger partial charge in [-0.15, -0.1) is 34.0 Å². The van der Waals surface area contributed by atoms with E-state index in [4.69, 9.17) is 0 Å². The van der Waals surface area contributed by atoms with Crippen LogP contribution in [0, 0.1) is 17.9 Å². The zero-order chi connectivity index (χ0) is 45.5. The molecule has 0 N–H and O–H groups in total. The van der Waals surface area contributed by atoms with Crippen LogP contribution in [0.2, 0.25) is 0 Å². The van der Waals surface area contributed by atoms with Gasteiger partial charge in [-0.1, -0.05) is 170 Å². The Morgan fingerprint density at radius 2 is 0.754 bits per heavy atom. The van der Waals surface area contributed by atoms with E-state index >= 15 is 0 Å². The van der Waals surface area contributed by atoms with Gasteiger partial charge in [0.15, 0.2) is 0 Å². The van der Waals surface area contributed by atoms with Crippen molar-refractivity contribution in [3.8, 4) is 39.7 Å². The molecule has 0 aliphatic heterocycles. The quantitative estimate of drug-likeness (QED) is 0.162. The number of nitriles is 1. The first-order valence-corrected chi connectivity index (χ1v) is 25.3. The van der Waals surface area contributed by atoms with E-state index in [-0.39, 0.29) is 0 Å². The van der Waals surface area contributed by atoms with Crippen LogP contribution in [-0.2, 0) is 0 Å². The maximum Gasteiger partial charge on any atom is 0.230 e. The summed E-state index contributed by atoms with van der Waals surface area (Å²) in [5.41, 5.74) is 9.84. The SMILES string of the molecule is [C-]#[N+]c1c(C#N)c(-n2c3c(ccc4c5ccccc5sc43)c3ccc4c5ccccc5sc4c32)c(-c2ccccc2)c(-c2ccccc2)c1-n1c2ccccc2c2ccc3c4ccccc4sc3c21. The van der Waals surface area contributed by atoms with E-state index in [0.717, 1.165) is 80.0 Å². The zero-order valence-electron chi connectivity index (χ0n) is 36.5. The molecule has 0 radical (unpaired) electrons. The lowest BCUT2D eigenvalue weighted by Crippen LogP contribution is -2.08. The summed E-state index contributed by atoms with van der Waals surface area (Å²) in [6.07, 6.45) is 0. The molecular weight excluding hydrogens is 897 g/mol. The smallest absolute Gasteiger partial charge is 0.230 e. The number of hydrogen-bond acceptors (Lipinski definition) is 4. The van der Waals surface area contributed by atoms with Crippen molar-refractivity contribution in [2.75, 3.05) is 0 Å². The molecule has 0 saturated heterocycles. The Balaban J connectivity index is 1.24. The van der Waals surface area contributed by atoms with Crippen molar-refractivity contribution >= 4 is 144 Å². The second-order valence-corrected chi connectivity index (χ2v) is 20.8. The lowest BCUT2D eigenvalue weighted by atomic mass is 9.87. The highest BCUT2D eigenvalue weighted by molar-refractivity contribution is 7.27. The molecule has 0 bridgehead atoms. The molecule has 0 saturated carbocycles. The summed E-state index contributed by atoms with van der Waals surface area (Å²) in [6.45, 7) is 9.45. The van der Waals surface area contributed by atoms with Crippen molar-refractivity contribution < 1.29 is 0 Å². The van der Waals surface area contributed by atoms with Crippen LogP contribution >= 0.6 is 34.0 Å². The van der Waals surface area contributed by atoms with E-state index in [1.807, 2.05) is 0 Å².